The predicted octanol–water partition coefficient (Wildman–Crippen LogP) is 2.37. The van der Waals surface area contributed by atoms with Crippen molar-refractivity contribution in [1.29, 1.82) is 0 Å². The van der Waals surface area contributed by atoms with E-state index in [2.05, 4.69) is 30.0 Å². The van der Waals surface area contributed by atoms with E-state index in [4.69, 9.17) is 17.3 Å². The van der Waals surface area contributed by atoms with Gasteiger partial charge in [0.05, 0.1) is 0 Å². The molecule has 1 saturated heterocycles. The van der Waals surface area contributed by atoms with Gasteiger partial charge in [0.15, 0.2) is 0 Å². The lowest BCUT2D eigenvalue weighted by Crippen LogP contribution is -2.45. The number of hydrogen-bond donors (Lipinski definition) is 1. The quantitative estimate of drug-likeness (QED) is 0.920. The fourth-order valence-electron chi connectivity index (χ4n) is 2.92. The number of halogens is 1. The molecule has 19 heavy (non-hydrogen) atoms. The standard InChI is InChI=1S/C15H24ClN3/c1-18(2)14-6-8-19(9-7-14)15(11-17)12-4-3-5-13(16)10-12/h3-5,10,14-15H,6-9,11,17H2,1-2H3. The molecule has 106 valence electrons. The minimum Gasteiger partial charge on any atom is -0.329 e. The molecule has 1 aliphatic rings. The van der Waals surface area contributed by atoms with Gasteiger partial charge in [-0.3, -0.25) is 4.90 Å². The molecule has 4 heteroatoms. The van der Waals surface area contributed by atoms with Crippen LogP contribution in [0.25, 0.3) is 0 Å². The van der Waals surface area contributed by atoms with Crippen molar-refractivity contribution in [1.82, 2.24) is 9.80 Å². The summed E-state index contributed by atoms with van der Waals surface area (Å²) in [5.41, 5.74) is 7.22. The third kappa shape index (κ3) is 3.69. The first-order valence-corrected chi connectivity index (χ1v) is 7.35. The van der Waals surface area contributed by atoms with Crippen molar-refractivity contribution in [2.45, 2.75) is 24.9 Å². The van der Waals surface area contributed by atoms with Crippen molar-refractivity contribution in [2.24, 2.45) is 5.73 Å². The highest BCUT2D eigenvalue weighted by molar-refractivity contribution is 6.30. The molecule has 0 saturated carbocycles. The first-order chi connectivity index (χ1) is 9.11. The Morgan fingerprint density at radius 1 is 1.37 bits per heavy atom. The fraction of sp³-hybridized carbons (Fsp3) is 0.600. The fourth-order valence-corrected chi connectivity index (χ4v) is 3.12. The molecule has 1 aromatic rings. The van der Waals surface area contributed by atoms with Crippen molar-refractivity contribution >= 4 is 11.6 Å². The van der Waals surface area contributed by atoms with Gasteiger partial charge in [0.25, 0.3) is 0 Å². The zero-order valence-electron chi connectivity index (χ0n) is 11.8. The Morgan fingerprint density at radius 2 is 2.05 bits per heavy atom. The van der Waals surface area contributed by atoms with Gasteiger partial charge in [-0.1, -0.05) is 23.7 Å². The number of benzene rings is 1. The number of rotatable bonds is 4. The number of piperidine rings is 1. The second-order valence-corrected chi connectivity index (χ2v) is 5.97. The number of likely N-dealkylation sites (tertiary alicyclic amines) is 1. The molecule has 1 unspecified atom stereocenters. The van der Waals surface area contributed by atoms with E-state index in [0.717, 1.165) is 18.1 Å². The third-order valence-electron chi connectivity index (χ3n) is 4.13. The van der Waals surface area contributed by atoms with Gasteiger partial charge in [0, 0.05) is 36.7 Å². The third-order valence-corrected chi connectivity index (χ3v) is 4.36. The Labute approximate surface area is 121 Å². The lowest BCUT2D eigenvalue weighted by molar-refractivity contribution is 0.111. The highest BCUT2D eigenvalue weighted by Crippen LogP contribution is 2.26. The molecular formula is C15H24ClN3. The van der Waals surface area contributed by atoms with Crippen molar-refractivity contribution in [3.05, 3.63) is 34.9 Å². The van der Waals surface area contributed by atoms with Gasteiger partial charge >= 0.3 is 0 Å². The number of hydrogen-bond acceptors (Lipinski definition) is 3. The van der Waals surface area contributed by atoms with Crippen LogP contribution in [0, 0.1) is 0 Å². The van der Waals surface area contributed by atoms with E-state index in [9.17, 15) is 0 Å². The summed E-state index contributed by atoms with van der Waals surface area (Å²) in [5.74, 6) is 0. The van der Waals surface area contributed by atoms with E-state index in [-0.39, 0.29) is 0 Å². The Morgan fingerprint density at radius 3 is 2.58 bits per heavy atom. The second-order valence-electron chi connectivity index (χ2n) is 5.54. The molecule has 0 spiro atoms. The molecule has 1 atom stereocenters. The average molecular weight is 282 g/mol. The van der Waals surface area contributed by atoms with Crippen molar-refractivity contribution < 1.29 is 0 Å². The number of nitrogens with zero attached hydrogens (tertiary/aromatic N) is 2. The molecule has 1 aliphatic heterocycles. The smallest absolute Gasteiger partial charge is 0.0471 e. The molecule has 1 heterocycles. The van der Waals surface area contributed by atoms with Gasteiger partial charge < -0.3 is 10.6 Å². The summed E-state index contributed by atoms with van der Waals surface area (Å²) < 4.78 is 0. The van der Waals surface area contributed by atoms with Crippen LogP contribution in [0.2, 0.25) is 5.02 Å². The molecule has 0 radical (unpaired) electrons. The van der Waals surface area contributed by atoms with Crippen LogP contribution in [-0.4, -0.2) is 49.6 Å². The van der Waals surface area contributed by atoms with E-state index in [0.29, 0.717) is 18.6 Å². The Balaban J connectivity index is 2.03. The molecule has 0 bridgehead atoms. The summed E-state index contributed by atoms with van der Waals surface area (Å²) in [6.07, 6.45) is 2.42. The summed E-state index contributed by atoms with van der Waals surface area (Å²) in [7, 11) is 4.33. The lowest BCUT2D eigenvalue weighted by atomic mass is 9.99. The normalized spacial score (nSPS) is 19.8. The van der Waals surface area contributed by atoms with Crippen molar-refractivity contribution in [2.75, 3.05) is 33.7 Å². The zero-order valence-corrected chi connectivity index (χ0v) is 12.6. The second kappa shape index (κ2) is 6.71. The Bertz CT molecular complexity index is 400. The maximum atomic E-state index is 6.08. The molecule has 0 aromatic heterocycles. The van der Waals surface area contributed by atoms with Gasteiger partial charge in [-0.25, -0.2) is 0 Å². The van der Waals surface area contributed by atoms with Crippen molar-refractivity contribution in [3.8, 4) is 0 Å². The molecule has 0 aliphatic carbocycles. The molecule has 2 N–H and O–H groups in total. The Hall–Kier alpha value is -0.610. The molecular weight excluding hydrogens is 258 g/mol. The summed E-state index contributed by atoms with van der Waals surface area (Å²) in [6, 6.07) is 9.08. The van der Waals surface area contributed by atoms with E-state index in [1.54, 1.807) is 0 Å². The molecule has 3 nitrogen and oxygen atoms in total. The van der Waals surface area contributed by atoms with Gasteiger partial charge in [-0.15, -0.1) is 0 Å². The summed E-state index contributed by atoms with van der Waals surface area (Å²) >= 11 is 6.08. The van der Waals surface area contributed by atoms with Crippen LogP contribution >= 0.6 is 11.6 Å². The van der Waals surface area contributed by atoms with Crippen LogP contribution < -0.4 is 5.73 Å². The SMILES string of the molecule is CN(C)C1CCN(C(CN)c2cccc(Cl)c2)CC1. The van der Waals surface area contributed by atoms with Gasteiger partial charge in [-0.05, 0) is 44.6 Å². The zero-order chi connectivity index (χ0) is 13.8. The monoisotopic (exact) mass is 281 g/mol. The topological polar surface area (TPSA) is 32.5 Å². The van der Waals surface area contributed by atoms with Crippen LogP contribution in [0.3, 0.4) is 0 Å². The maximum Gasteiger partial charge on any atom is 0.0471 e. The largest absolute Gasteiger partial charge is 0.329 e. The van der Waals surface area contributed by atoms with Crippen LogP contribution in [0.4, 0.5) is 0 Å². The van der Waals surface area contributed by atoms with Crippen LogP contribution in [0.15, 0.2) is 24.3 Å². The highest BCUT2D eigenvalue weighted by atomic mass is 35.5. The first-order valence-electron chi connectivity index (χ1n) is 6.98. The molecule has 1 fully saturated rings. The van der Waals surface area contributed by atoms with Gasteiger partial charge in [0.2, 0.25) is 0 Å². The molecule has 2 rings (SSSR count). The summed E-state index contributed by atoms with van der Waals surface area (Å²) in [5, 5.41) is 0.791. The van der Waals surface area contributed by atoms with Crippen LogP contribution in [0.5, 0.6) is 0 Å². The van der Waals surface area contributed by atoms with Gasteiger partial charge in [0.1, 0.15) is 0 Å². The summed E-state index contributed by atoms with van der Waals surface area (Å²) in [6.45, 7) is 2.86. The first kappa shape index (κ1) is 14.8. The van der Waals surface area contributed by atoms with Gasteiger partial charge in [-0.2, -0.15) is 0 Å². The number of nitrogens with two attached hydrogens (primary N) is 1. The Kier molecular flexibility index (Phi) is 5.22. The van der Waals surface area contributed by atoms with Crippen LogP contribution in [0.1, 0.15) is 24.4 Å². The van der Waals surface area contributed by atoms with E-state index in [1.807, 2.05) is 18.2 Å². The maximum absolute atomic E-state index is 6.08. The minimum atomic E-state index is 0.293. The average Bonchev–Trinajstić information content (AvgIpc) is 2.40. The molecule has 0 amide bonds. The van der Waals surface area contributed by atoms with Crippen LogP contribution in [-0.2, 0) is 0 Å². The minimum absolute atomic E-state index is 0.293. The van der Waals surface area contributed by atoms with E-state index in [1.165, 1.54) is 18.4 Å². The summed E-state index contributed by atoms with van der Waals surface area (Å²) in [4.78, 5) is 4.82. The van der Waals surface area contributed by atoms with E-state index >= 15 is 0 Å². The lowest BCUT2D eigenvalue weighted by Gasteiger charge is -2.39. The van der Waals surface area contributed by atoms with E-state index < -0.39 is 0 Å². The molecule has 1 aromatic carbocycles. The van der Waals surface area contributed by atoms with Crippen molar-refractivity contribution in [3.63, 3.8) is 0 Å². The predicted molar refractivity (Wildman–Crippen MR) is 81.5 cm³/mol. The highest BCUT2D eigenvalue weighted by Gasteiger charge is 2.26.